The molecule has 1 aromatic carbocycles. The van der Waals surface area contributed by atoms with Crippen LogP contribution in [0.25, 0.3) is 0 Å². The molecule has 0 saturated heterocycles. The first-order chi connectivity index (χ1) is 6.72. The Morgan fingerprint density at radius 3 is 2.93 bits per heavy atom. The largest absolute Gasteiger partial charge is 0.384 e. The number of hydrogen-bond acceptors (Lipinski definition) is 1. The molecule has 0 bridgehead atoms. The highest BCUT2D eigenvalue weighted by molar-refractivity contribution is 5.59. The second-order valence-corrected chi connectivity index (χ2v) is 3.60. The maximum atomic E-state index is 12.6. The molecule has 0 radical (unpaired) electrons. The van der Waals surface area contributed by atoms with Crippen molar-refractivity contribution in [2.24, 2.45) is 0 Å². The van der Waals surface area contributed by atoms with E-state index in [1.165, 1.54) is 5.56 Å². The van der Waals surface area contributed by atoms with Crippen LogP contribution in [0.2, 0.25) is 0 Å². The van der Waals surface area contributed by atoms with E-state index < -0.39 is 12.3 Å². The van der Waals surface area contributed by atoms with Crippen molar-refractivity contribution in [1.82, 2.24) is 0 Å². The molecular weight excluding hydrogens is 184 g/mol. The molecule has 0 amide bonds. The van der Waals surface area contributed by atoms with Gasteiger partial charge in [-0.2, -0.15) is 0 Å². The predicted octanol–water partition coefficient (Wildman–Crippen LogP) is 3.02. The van der Waals surface area contributed by atoms with Crippen LogP contribution in [0.15, 0.2) is 18.2 Å². The summed E-state index contributed by atoms with van der Waals surface area (Å²) >= 11 is 0. The lowest BCUT2D eigenvalue weighted by molar-refractivity contribution is 0.121. The highest BCUT2D eigenvalue weighted by Crippen LogP contribution is 2.35. The molecule has 1 N–H and O–H groups in total. The minimum Gasteiger partial charge on any atom is -0.384 e. The van der Waals surface area contributed by atoms with Crippen LogP contribution in [0.3, 0.4) is 0 Å². The topological polar surface area (TPSA) is 12.0 Å². The lowest BCUT2D eigenvalue weighted by Crippen LogP contribution is -2.10. The third-order valence-electron chi connectivity index (χ3n) is 2.74. The molecule has 0 saturated carbocycles. The summed E-state index contributed by atoms with van der Waals surface area (Å²) in [5, 5.41) is 3.03. The van der Waals surface area contributed by atoms with Gasteiger partial charge in [0.2, 0.25) is 6.43 Å². The fourth-order valence-corrected chi connectivity index (χ4v) is 1.85. The molecule has 1 aromatic rings. The van der Waals surface area contributed by atoms with Gasteiger partial charge in [0, 0.05) is 12.2 Å². The number of hydrogen-bond donors (Lipinski definition) is 1. The summed E-state index contributed by atoms with van der Waals surface area (Å²) in [5.74, 6) is -0.629. The van der Waals surface area contributed by atoms with Crippen LogP contribution in [-0.4, -0.2) is 13.0 Å². The van der Waals surface area contributed by atoms with Gasteiger partial charge in [-0.25, -0.2) is 8.78 Å². The molecule has 2 rings (SSSR count). The number of halogens is 2. The SMILES string of the molecule is CCc1ccc2c(c1)NCC2C(F)F. The van der Waals surface area contributed by atoms with E-state index in [-0.39, 0.29) is 0 Å². The van der Waals surface area contributed by atoms with Gasteiger partial charge >= 0.3 is 0 Å². The van der Waals surface area contributed by atoms with E-state index in [2.05, 4.69) is 12.2 Å². The molecule has 14 heavy (non-hydrogen) atoms. The van der Waals surface area contributed by atoms with Gasteiger partial charge in [-0.3, -0.25) is 0 Å². The summed E-state index contributed by atoms with van der Waals surface area (Å²) in [6.07, 6.45) is -1.33. The molecule has 1 unspecified atom stereocenters. The summed E-state index contributed by atoms with van der Waals surface area (Å²) in [6.45, 7) is 2.42. The monoisotopic (exact) mass is 197 g/mol. The quantitative estimate of drug-likeness (QED) is 0.768. The van der Waals surface area contributed by atoms with Crippen molar-refractivity contribution in [1.29, 1.82) is 0 Å². The van der Waals surface area contributed by atoms with E-state index >= 15 is 0 Å². The van der Waals surface area contributed by atoms with Crippen LogP contribution in [0, 0.1) is 0 Å². The van der Waals surface area contributed by atoms with Crippen LogP contribution >= 0.6 is 0 Å². The molecule has 0 spiro atoms. The summed E-state index contributed by atoms with van der Waals surface area (Å²) < 4.78 is 25.1. The molecule has 3 heteroatoms. The van der Waals surface area contributed by atoms with Crippen molar-refractivity contribution in [2.75, 3.05) is 11.9 Å². The Kier molecular flexibility index (Phi) is 2.40. The summed E-state index contributed by atoms with van der Waals surface area (Å²) in [7, 11) is 0. The minimum atomic E-state index is -2.27. The molecule has 0 aliphatic carbocycles. The van der Waals surface area contributed by atoms with Crippen molar-refractivity contribution in [3.8, 4) is 0 Å². The van der Waals surface area contributed by atoms with E-state index in [0.717, 1.165) is 17.7 Å². The Morgan fingerprint density at radius 2 is 2.29 bits per heavy atom. The summed E-state index contributed by atoms with van der Waals surface area (Å²) in [4.78, 5) is 0. The predicted molar refractivity (Wildman–Crippen MR) is 53.1 cm³/mol. The Balaban J connectivity index is 2.33. The smallest absolute Gasteiger partial charge is 0.247 e. The van der Waals surface area contributed by atoms with Gasteiger partial charge in [0.1, 0.15) is 0 Å². The van der Waals surface area contributed by atoms with Crippen LogP contribution in [0.4, 0.5) is 14.5 Å². The van der Waals surface area contributed by atoms with Gasteiger partial charge in [0.25, 0.3) is 0 Å². The number of alkyl halides is 2. The fourth-order valence-electron chi connectivity index (χ4n) is 1.85. The van der Waals surface area contributed by atoms with Gasteiger partial charge in [0.15, 0.2) is 0 Å². The summed E-state index contributed by atoms with van der Waals surface area (Å²) in [5.41, 5.74) is 2.83. The highest BCUT2D eigenvalue weighted by Gasteiger charge is 2.29. The van der Waals surface area contributed by atoms with Gasteiger partial charge in [-0.1, -0.05) is 19.1 Å². The fraction of sp³-hybridized carbons (Fsp3) is 0.455. The first-order valence-corrected chi connectivity index (χ1v) is 4.87. The average molecular weight is 197 g/mol. The normalized spacial score (nSPS) is 19.6. The third kappa shape index (κ3) is 1.47. The Morgan fingerprint density at radius 1 is 1.50 bits per heavy atom. The van der Waals surface area contributed by atoms with Gasteiger partial charge in [-0.15, -0.1) is 0 Å². The van der Waals surface area contributed by atoms with Gasteiger partial charge in [-0.05, 0) is 23.6 Å². The zero-order valence-electron chi connectivity index (χ0n) is 8.06. The highest BCUT2D eigenvalue weighted by atomic mass is 19.3. The second kappa shape index (κ2) is 3.56. The Bertz CT molecular complexity index is 336. The molecule has 1 atom stereocenters. The Hall–Kier alpha value is -1.12. The maximum Gasteiger partial charge on any atom is 0.247 e. The average Bonchev–Trinajstić information content (AvgIpc) is 2.59. The van der Waals surface area contributed by atoms with Crippen LogP contribution in [0.5, 0.6) is 0 Å². The van der Waals surface area contributed by atoms with Crippen molar-refractivity contribution in [3.63, 3.8) is 0 Å². The van der Waals surface area contributed by atoms with Crippen molar-refractivity contribution in [2.45, 2.75) is 25.7 Å². The first kappa shape index (κ1) is 9.44. The first-order valence-electron chi connectivity index (χ1n) is 4.87. The van der Waals surface area contributed by atoms with Crippen molar-refractivity contribution in [3.05, 3.63) is 29.3 Å². The number of benzene rings is 1. The van der Waals surface area contributed by atoms with E-state index in [9.17, 15) is 8.78 Å². The standard InChI is InChI=1S/C11H13F2N/c1-2-7-3-4-8-9(11(12)13)6-14-10(8)5-7/h3-5,9,11,14H,2,6H2,1H3. The molecule has 1 nitrogen and oxygen atoms in total. The molecule has 0 fully saturated rings. The van der Waals surface area contributed by atoms with Crippen LogP contribution < -0.4 is 5.32 Å². The third-order valence-corrected chi connectivity index (χ3v) is 2.74. The molecular formula is C11H13F2N. The van der Waals surface area contributed by atoms with E-state index in [4.69, 9.17) is 0 Å². The number of fused-ring (bicyclic) bond motifs is 1. The van der Waals surface area contributed by atoms with Crippen LogP contribution in [0.1, 0.15) is 24.0 Å². The summed E-state index contributed by atoms with van der Waals surface area (Å²) in [6, 6.07) is 5.73. The van der Waals surface area contributed by atoms with E-state index in [0.29, 0.717) is 6.54 Å². The van der Waals surface area contributed by atoms with Gasteiger partial charge in [0.05, 0.1) is 5.92 Å². The van der Waals surface area contributed by atoms with Gasteiger partial charge < -0.3 is 5.32 Å². The second-order valence-electron chi connectivity index (χ2n) is 3.60. The minimum absolute atomic E-state index is 0.361. The number of nitrogens with one attached hydrogen (secondary N) is 1. The van der Waals surface area contributed by atoms with Crippen molar-refractivity contribution >= 4 is 5.69 Å². The lowest BCUT2D eigenvalue weighted by Gasteiger charge is -2.08. The zero-order valence-corrected chi connectivity index (χ0v) is 8.06. The maximum absolute atomic E-state index is 12.6. The molecule has 1 aliphatic heterocycles. The molecule has 76 valence electrons. The number of anilines is 1. The van der Waals surface area contributed by atoms with Crippen molar-refractivity contribution < 1.29 is 8.78 Å². The van der Waals surface area contributed by atoms with Crippen LogP contribution in [-0.2, 0) is 6.42 Å². The zero-order chi connectivity index (χ0) is 10.1. The van der Waals surface area contributed by atoms with E-state index in [1.807, 2.05) is 18.2 Å². The molecule has 1 aliphatic rings. The molecule has 1 heterocycles. The number of aryl methyl sites for hydroxylation is 1. The Labute approximate surface area is 82.1 Å². The van der Waals surface area contributed by atoms with E-state index in [1.54, 1.807) is 0 Å². The number of rotatable bonds is 2. The molecule has 0 aromatic heterocycles. The lowest BCUT2D eigenvalue weighted by atomic mass is 10.00.